The number of aliphatic hydroxyl groups is 1. The van der Waals surface area contributed by atoms with E-state index in [2.05, 4.69) is 12.3 Å². The van der Waals surface area contributed by atoms with Crippen molar-refractivity contribution in [2.24, 2.45) is 0 Å². The van der Waals surface area contributed by atoms with Gasteiger partial charge in [0.1, 0.15) is 6.61 Å². The highest BCUT2D eigenvalue weighted by atomic mass is 16.6. The number of rotatable bonds is 21. The fraction of sp³-hybridized carbons (Fsp3) is 0.706. The van der Waals surface area contributed by atoms with Gasteiger partial charge in [-0.3, -0.25) is 4.79 Å². The summed E-state index contributed by atoms with van der Waals surface area (Å²) in [6.45, 7) is 5.34. The smallest absolute Gasteiger partial charge is 0.429 e. The van der Waals surface area contributed by atoms with Gasteiger partial charge in [-0.15, -0.1) is 0 Å². The Labute approximate surface area is 268 Å². The van der Waals surface area contributed by atoms with Crippen LogP contribution < -0.4 is 5.43 Å². The molecule has 1 aliphatic rings. The normalized spacial score (nSPS) is 15.7. The summed E-state index contributed by atoms with van der Waals surface area (Å²) in [5, 5.41) is 12.0. The molecule has 4 amide bonds. The Kier molecular flexibility index (Phi) is 18.7. The van der Waals surface area contributed by atoms with E-state index in [1.54, 1.807) is 13.8 Å². The van der Waals surface area contributed by atoms with Gasteiger partial charge in [0, 0.05) is 0 Å². The number of aliphatic hydroxyl groups excluding tert-OH is 1. The molecule has 0 saturated carbocycles. The number of imide groups is 1. The Balaban J connectivity index is 2.05. The maximum Gasteiger partial charge on any atom is 0.429 e. The number of carbonyl (C=O) groups is 4. The lowest BCUT2D eigenvalue weighted by Crippen LogP contribution is -2.63. The van der Waals surface area contributed by atoms with Crippen molar-refractivity contribution >= 4 is 24.2 Å². The van der Waals surface area contributed by atoms with Crippen LogP contribution in [0.2, 0.25) is 0 Å². The van der Waals surface area contributed by atoms with Crippen molar-refractivity contribution in [1.82, 2.24) is 15.3 Å². The standard InChI is InChI=1S/C34H55N3O8/c1-4-7-8-9-10-11-12-13-14-15-16-17-21-24-29(38)30(37(34(42)44-6-3)35-32(40)43-5-2)31(39)36-28(26-45-33(36)41)25-27-22-19-18-20-23-27/h18-20,22-23,28-30,38H,4-17,21,24-26H2,1-3H3,(H,35,40)/t28-,29+,30-/m0/s1. The SMILES string of the molecule is CCCCCCCCCCCCCCC[C@@H](O)[C@@H](C(=O)N1C(=O)OC[C@@H]1Cc1ccccc1)N(NC(=O)OCC)C(=O)OCC. The van der Waals surface area contributed by atoms with Gasteiger partial charge in [0.15, 0.2) is 6.04 Å². The Morgan fingerprint density at radius 3 is 2.00 bits per heavy atom. The first-order valence-electron chi connectivity index (χ1n) is 16.9. The minimum absolute atomic E-state index is 0.0141. The quantitative estimate of drug-likeness (QED) is 0.0848. The van der Waals surface area contributed by atoms with Crippen LogP contribution >= 0.6 is 0 Å². The van der Waals surface area contributed by atoms with Gasteiger partial charge in [0.25, 0.3) is 5.91 Å². The number of unbranched alkanes of at least 4 members (excludes halogenated alkanes) is 12. The highest BCUT2D eigenvalue weighted by molar-refractivity contribution is 5.98. The van der Waals surface area contributed by atoms with Crippen LogP contribution in [0.1, 0.15) is 116 Å². The number of nitrogens with zero attached hydrogens (tertiary/aromatic N) is 2. The van der Waals surface area contributed by atoms with Crippen LogP contribution in [0.15, 0.2) is 30.3 Å². The number of hydrogen-bond acceptors (Lipinski definition) is 8. The summed E-state index contributed by atoms with van der Waals surface area (Å²) in [6.07, 6.45) is 11.2. The van der Waals surface area contributed by atoms with E-state index in [0.717, 1.165) is 29.7 Å². The molecular weight excluding hydrogens is 578 g/mol. The monoisotopic (exact) mass is 633 g/mol. The Morgan fingerprint density at radius 2 is 1.44 bits per heavy atom. The maximum atomic E-state index is 14.0. The van der Waals surface area contributed by atoms with Gasteiger partial charge in [0.05, 0.1) is 25.4 Å². The zero-order chi connectivity index (χ0) is 32.9. The number of benzene rings is 1. The van der Waals surface area contributed by atoms with Crippen LogP contribution in [0.4, 0.5) is 14.4 Å². The molecule has 1 saturated heterocycles. The number of cyclic esters (lactones) is 1. The van der Waals surface area contributed by atoms with Crippen molar-refractivity contribution in [1.29, 1.82) is 0 Å². The van der Waals surface area contributed by atoms with Gasteiger partial charge in [0.2, 0.25) is 0 Å². The first kappa shape index (κ1) is 37.8. The van der Waals surface area contributed by atoms with Crippen LogP contribution in [0.25, 0.3) is 0 Å². The zero-order valence-corrected chi connectivity index (χ0v) is 27.5. The Bertz CT molecular complexity index is 1010. The van der Waals surface area contributed by atoms with Crippen molar-refractivity contribution < 1.29 is 38.5 Å². The van der Waals surface area contributed by atoms with E-state index >= 15 is 0 Å². The van der Waals surface area contributed by atoms with Crippen LogP contribution in [-0.2, 0) is 25.4 Å². The second-order valence-electron chi connectivity index (χ2n) is 11.6. The van der Waals surface area contributed by atoms with E-state index in [-0.39, 0.29) is 26.2 Å². The predicted octanol–water partition coefficient (Wildman–Crippen LogP) is 6.91. The number of hydrazine groups is 1. The van der Waals surface area contributed by atoms with E-state index in [1.807, 2.05) is 30.3 Å². The van der Waals surface area contributed by atoms with Gasteiger partial charge < -0.3 is 19.3 Å². The molecule has 254 valence electrons. The highest BCUT2D eigenvalue weighted by Gasteiger charge is 2.47. The molecule has 0 bridgehead atoms. The lowest BCUT2D eigenvalue weighted by Gasteiger charge is -2.35. The number of amides is 4. The second kappa shape index (κ2) is 22.2. The number of ether oxygens (including phenoxy) is 3. The zero-order valence-electron chi connectivity index (χ0n) is 27.5. The summed E-state index contributed by atoms with van der Waals surface area (Å²) in [7, 11) is 0. The largest absolute Gasteiger partial charge is 0.449 e. The molecule has 1 aromatic carbocycles. The van der Waals surface area contributed by atoms with Gasteiger partial charge in [-0.2, -0.15) is 0 Å². The minimum Gasteiger partial charge on any atom is -0.449 e. The van der Waals surface area contributed by atoms with Crippen molar-refractivity contribution in [3.8, 4) is 0 Å². The van der Waals surface area contributed by atoms with E-state index < -0.39 is 42.4 Å². The fourth-order valence-electron chi connectivity index (χ4n) is 5.57. The van der Waals surface area contributed by atoms with Gasteiger partial charge >= 0.3 is 18.3 Å². The van der Waals surface area contributed by atoms with Crippen LogP contribution in [0, 0.1) is 0 Å². The lowest BCUT2D eigenvalue weighted by molar-refractivity contribution is -0.140. The van der Waals surface area contributed by atoms with Gasteiger partial charge in [-0.25, -0.2) is 29.7 Å². The summed E-state index contributed by atoms with van der Waals surface area (Å²) >= 11 is 0. The first-order valence-corrected chi connectivity index (χ1v) is 16.9. The second-order valence-corrected chi connectivity index (χ2v) is 11.6. The maximum absolute atomic E-state index is 14.0. The molecule has 2 rings (SSSR count). The summed E-state index contributed by atoms with van der Waals surface area (Å²) < 4.78 is 15.3. The van der Waals surface area contributed by atoms with Crippen LogP contribution in [0.3, 0.4) is 0 Å². The molecule has 1 heterocycles. The third kappa shape index (κ3) is 13.7. The van der Waals surface area contributed by atoms with E-state index in [4.69, 9.17) is 14.2 Å². The minimum atomic E-state index is -1.64. The van der Waals surface area contributed by atoms with Crippen molar-refractivity contribution in [3.63, 3.8) is 0 Å². The Morgan fingerprint density at radius 1 is 0.889 bits per heavy atom. The molecule has 2 N–H and O–H groups in total. The predicted molar refractivity (Wildman–Crippen MR) is 171 cm³/mol. The molecule has 3 atom stereocenters. The lowest BCUT2D eigenvalue weighted by atomic mass is 9.99. The first-order chi connectivity index (χ1) is 21.8. The molecule has 1 fully saturated rings. The molecule has 0 spiro atoms. The molecule has 1 aliphatic heterocycles. The van der Waals surface area contributed by atoms with Gasteiger partial charge in [-0.1, -0.05) is 121 Å². The number of hydrogen-bond donors (Lipinski definition) is 2. The van der Waals surface area contributed by atoms with Crippen molar-refractivity contribution in [2.45, 2.75) is 135 Å². The van der Waals surface area contributed by atoms with E-state index in [0.29, 0.717) is 17.9 Å². The van der Waals surface area contributed by atoms with Gasteiger partial charge in [-0.05, 0) is 32.3 Å². The summed E-state index contributed by atoms with van der Waals surface area (Å²) in [6, 6.07) is 7.02. The molecule has 1 aromatic rings. The van der Waals surface area contributed by atoms with Crippen molar-refractivity contribution in [3.05, 3.63) is 35.9 Å². The third-order valence-electron chi connectivity index (χ3n) is 7.96. The third-order valence-corrected chi connectivity index (χ3v) is 7.96. The molecule has 11 heteroatoms. The topological polar surface area (TPSA) is 135 Å². The van der Waals surface area contributed by atoms with Crippen LogP contribution in [-0.4, -0.2) is 77.2 Å². The molecule has 0 aromatic heterocycles. The molecule has 0 radical (unpaired) electrons. The average molecular weight is 634 g/mol. The fourth-order valence-corrected chi connectivity index (χ4v) is 5.57. The molecule has 0 aliphatic carbocycles. The van der Waals surface area contributed by atoms with Crippen LogP contribution in [0.5, 0.6) is 0 Å². The number of carbonyl (C=O) groups excluding carboxylic acids is 4. The average Bonchev–Trinajstić information content (AvgIpc) is 3.39. The van der Waals surface area contributed by atoms with E-state index in [1.165, 1.54) is 57.8 Å². The summed E-state index contributed by atoms with van der Waals surface area (Å²) in [4.78, 5) is 53.2. The molecule has 45 heavy (non-hydrogen) atoms. The number of nitrogens with one attached hydrogen (secondary N) is 1. The Hall–Kier alpha value is -3.34. The molecule has 0 unspecified atom stereocenters. The summed E-state index contributed by atoms with van der Waals surface area (Å²) in [5.41, 5.74) is 3.14. The summed E-state index contributed by atoms with van der Waals surface area (Å²) in [5.74, 6) is -0.870. The van der Waals surface area contributed by atoms with E-state index in [9.17, 15) is 24.3 Å². The molecule has 11 nitrogen and oxygen atoms in total. The van der Waals surface area contributed by atoms with Crippen molar-refractivity contribution in [2.75, 3.05) is 19.8 Å². The highest BCUT2D eigenvalue weighted by Crippen LogP contribution is 2.23. The molecular formula is C34H55N3O8.